The van der Waals surface area contributed by atoms with Crippen LogP contribution in [0, 0.1) is 5.82 Å². The third kappa shape index (κ3) is 5.62. The zero-order chi connectivity index (χ0) is 34.7. The van der Waals surface area contributed by atoms with E-state index in [2.05, 4.69) is 0 Å². The number of aliphatic carboxylic acids is 1. The topological polar surface area (TPSA) is 98.2 Å². The molecular weight excluding hydrogens is 666 g/mol. The van der Waals surface area contributed by atoms with Crippen molar-refractivity contribution in [2.75, 3.05) is 32.7 Å². The molecule has 0 spiro atoms. The minimum Gasteiger partial charge on any atom is -0.480 e. The van der Waals surface area contributed by atoms with Gasteiger partial charge in [0.2, 0.25) is 0 Å². The van der Waals surface area contributed by atoms with Crippen LogP contribution in [0.15, 0.2) is 47.4 Å². The van der Waals surface area contributed by atoms with Crippen LogP contribution in [0.4, 0.5) is 39.9 Å². The summed E-state index contributed by atoms with van der Waals surface area (Å²) in [5.41, 5.74) is -7.88. The van der Waals surface area contributed by atoms with Gasteiger partial charge in [-0.2, -0.15) is 26.3 Å². The van der Waals surface area contributed by atoms with Gasteiger partial charge in [-0.1, -0.05) is 18.2 Å². The summed E-state index contributed by atoms with van der Waals surface area (Å²) in [6.07, 6.45) is -13.3. The van der Waals surface area contributed by atoms with Gasteiger partial charge in [-0.15, -0.1) is 0 Å². The fraction of sp³-hybridized carbons (Fsp3) is 0.533. The first-order valence-electron chi connectivity index (χ1n) is 14.7. The molecule has 2 fully saturated rings. The van der Waals surface area contributed by atoms with E-state index in [1.807, 2.05) is 0 Å². The number of nitrogens with zero attached hydrogens (tertiary/aromatic N) is 3. The summed E-state index contributed by atoms with van der Waals surface area (Å²) in [4.78, 5) is 29.3. The summed E-state index contributed by atoms with van der Waals surface area (Å²) in [6.45, 7) is 1.75. The third-order valence-corrected chi connectivity index (χ3v) is 12.1. The van der Waals surface area contributed by atoms with E-state index in [1.54, 1.807) is 11.8 Å². The number of halogens is 8. The molecule has 3 atom stereocenters. The number of hydrogen-bond acceptors (Lipinski definition) is 5. The van der Waals surface area contributed by atoms with Gasteiger partial charge in [0.15, 0.2) is 9.84 Å². The van der Waals surface area contributed by atoms with E-state index in [-0.39, 0.29) is 86.5 Å². The summed E-state index contributed by atoms with van der Waals surface area (Å²) in [7, 11) is -4.64. The van der Waals surface area contributed by atoms with E-state index < -0.39 is 62.0 Å². The lowest BCUT2D eigenvalue weighted by molar-refractivity contribution is -0.348. The molecule has 2 heterocycles. The second kappa shape index (κ2) is 11.9. The van der Waals surface area contributed by atoms with Crippen molar-refractivity contribution >= 4 is 21.8 Å². The van der Waals surface area contributed by atoms with Crippen molar-refractivity contribution in [1.82, 2.24) is 14.7 Å². The lowest BCUT2D eigenvalue weighted by Gasteiger charge is -2.43. The van der Waals surface area contributed by atoms with E-state index in [1.165, 1.54) is 9.80 Å². The van der Waals surface area contributed by atoms with Gasteiger partial charge >= 0.3 is 30.0 Å². The normalized spacial score (nSPS) is 24.4. The highest BCUT2D eigenvalue weighted by Crippen LogP contribution is 2.56. The van der Waals surface area contributed by atoms with Crippen molar-refractivity contribution in [3.8, 4) is 0 Å². The van der Waals surface area contributed by atoms with Crippen LogP contribution in [0.25, 0.3) is 0 Å². The molecule has 47 heavy (non-hydrogen) atoms. The SMILES string of the molecule is C[C@@H]1CN(C(=O)N2CC[C@]3(S(=O)(=O)c4ccc(F)cc4)c4ccc(C(F)(C(F)(F)F)C(F)(F)F)cc4CCC[C@H]23)CCN1CC(=O)O. The van der Waals surface area contributed by atoms with Gasteiger partial charge in [0.05, 0.1) is 17.5 Å². The number of rotatable bonds is 5. The number of likely N-dealkylation sites (tertiary alicyclic amines) is 1. The Labute approximate surface area is 264 Å². The number of hydrogen-bond donors (Lipinski definition) is 1. The molecule has 0 unspecified atom stereocenters. The molecule has 0 bridgehead atoms. The summed E-state index contributed by atoms with van der Waals surface area (Å²) < 4.78 is 138. The van der Waals surface area contributed by atoms with Gasteiger partial charge in [0.1, 0.15) is 10.6 Å². The minimum absolute atomic E-state index is 0.0238. The number of fused-ring (bicyclic) bond motifs is 3. The molecule has 8 nitrogen and oxygen atoms in total. The molecule has 3 aliphatic rings. The standard InChI is InChI=1S/C30H31F8N3O5S/c1-18-16-40(14-13-39(18)17-25(42)43)26(44)41-12-11-27(47(45,46)22-8-6-21(31)7-9-22)23-10-5-20(15-19(23)3-2-4-24(27)41)28(32,29(33,34)35)30(36,37)38/h5-10,15,18,24H,2-4,11-14,16-17H2,1H3,(H,42,43)/t18-,24+,27+/m1/s1. The zero-order valence-corrected chi connectivity index (χ0v) is 25.7. The third-order valence-electron chi connectivity index (χ3n) is 9.53. The average Bonchev–Trinajstić information content (AvgIpc) is 3.28. The largest absolute Gasteiger partial charge is 0.480 e. The number of aryl methyl sites for hydroxylation is 1. The van der Waals surface area contributed by atoms with Crippen molar-refractivity contribution in [3.05, 3.63) is 65.0 Å². The molecule has 0 radical (unpaired) electrons. The predicted molar refractivity (Wildman–Crippen MR) is 150 cm³/mol. The van der Waals surface area contributed by atoms with Crippen LogP contribution < -0.4 is 0 Å². The van der Waals surface area contributed by atoms with E-state index in [9.17, 15) is 53.8 Å². The highest BCUT2D eigenvalue weighted by Gasteiger charge is 2.73. The van der Waals surface area contributed by atoms with Crippen molar-refractivity contribution in [3.63, 3.8) is 0 Å². The van der Waals surface area contributed by atoms with Gasteiger partial charge in [0, 0.05) is 37.8 Å². The Bertz CT molecular complexity index is 1640. The van der Waals surface area contributed by atoms with Crippen LogP contribution in [0.5, 0.6) is 0 Å². The Hall–Kier alpha value is -3.47. The Kier molecular flexibility index (Phi) is 8.82. The number of carboxylic acids is 1. The second-order valence-electron chi connectivity index (χ2n) is 12.2. The van der Waals surface area contributed by atoms with E-state index in [4.69, 9.17) is 0 Å². The molecule has 258 valence electrons. The lowest BCUT2D eigenvalue weighted by atomic mass is 9.84. The monoisotopic (exact) mass is 697 g/mol. The fourth-order valence-electron chi connectivity index (χ4n) is 7.24. The number of urea groups is 1. The molecule has 2 saturated heterocycles. The number of piperazine rings is 1. The molecule has 0 saturated carbocycles. The van der Waals surface area contributed by atoms with E-state index in [0.717, 1.165) is 30.3 Å². The van der Waals surface area contributed by atoms with Gasteiger partial charge in [-0.3, -0.25) is 9.69 Å². The lowest BCUT2D eigenvalue weighted by Crippen LogP contribution is -2.59. The number of carbonyl (C=O) groups is 2. The van der Waals surface area contributed by atoms with Gasteiger partial charge in [-0.05, 0) is 68.0 Å². The number of alkyl halides is 7. The maximum atomic E-state index is 15.1. The molecule has 2 aromatic rings. The Morgan fingerprint density at radius 3 is 2.17 bits per heavy atom. The van der Waals surface area contributed by atoms with Crippen LogP contribution in [0.2, 0.25) is 0 Å². The first-order chi connectivity index (χ1) is 21.8. The van der Waals surface area contributed by atoms with Crippen molar-refractivity contribution in [2.24, 2.45) is 0 Å². The first kappa shape index (κ1) is 34.9. The number of sulfone groups is 1. The summed E-state index contributed by atoms with van der Waals surface area (Å²) in [5.74, 6) is -1.82. The smallest absolute Gasteiger partial charge is 0.435 e. The maximum absolute atomic E-state index is 15.1. The van der Waals surface area contributed by atoms with Crippen LogP contribution in [0.3, 0.4) is 0 Å². The fourth-order valence-corrected chi connectivity index (χ4v) is 9.60. The minimum atomic E-state index is -6.38. The predicted octanol–water partition coefficient (Wildman–Crippen LogP) is 5.41. The van der Waals surface area contributed by atoms with Gasteiger partial charge in [0.25, 0.3) is 0 Å². The van der Waals surface area contributed by atoms with Crippen molar-refractivity contribution < 1.29 is 58.2 Å². The van der Waals surface area contributed by atoms with Crippen LogP contribution in [-0.4, -0.2) is 97.4 Å². The molecule has 0 aromatic heterocycles. The highest BCUT2D eigenvalue weighted by atomic mass is 32.2. The number of carboxylic acid groups (broad SMARTS) is 1. The number of carbonyl (C=O) groups excluding carboxylic acids is 1. The van der Waals surface area contributed by atoms with Crippen LogP contribution >= 0.6 is 0 Å². The zero-order valence-electron chi connectivity index (χ0n) is 24.9. The first-order valence-corrected chi connectivity index (χ1v) is 16.2. The van der Waals surface area contributed by atoms with Gasteiger partial charge < -0.3 is 14.9 Å². The quantitative estimate of drug-likeness (QED) is 0.332. The van der Waals surface area contributed by atoms with Crippen LogP contribution in [0.1, 0.15) is 42.9 Å². The Balaban J connectivity index is 1.63. The molecule has 2 aliphatic heterocycles. The summed E-state index contributed by atoms with van der Waals surface area (Å²) >= 11 is 0. The molecule has 17 heteroatoms. The summed E-state index contributed by atoms with van der Waals surface area (Å²) in [5, 5.41) is 9.18. The molecular formula is C30H31F8N3O5S. The Morgan fingerprint density at radius 1 is 0.957 bits per heavy atom. The second-order valence-corrected chi connectivity index (χ2v) is 14.4. The van der Waals surface area contributed by atoms with E-state index in [0.29, 0.717) is 6.07 Å². The van der Waals surface area contributed by atoms with E-state index >= 15 is 4.39 Å². The molecule has 5 rings (SSSR count). The summed E-state index contributed by atoms with van der Waals surface area (Å²) in [6, 6.07) is 3.15. The molecule has 2 aromatic carbocycles. The molecule has 2 amide bonds. The van der Waals surface area contributed by atoms with Gasteiger partial charge in [-0.25, -0.2) is 22.0 Å². The maximum Gasteiger partial charge on any atom is 0.435 e. The molecule has 1 aliphatic carbocycles. The van der Waals surface area contributed by atoms with Crippen LogP contribution in [-0.2, 0) is 31.5 Å². The average molecular weight is 698 g/mol. The number of benzene rings is 2. The van der Waals surface area contributed by atoms with Crippen molar-refractivity contribution in [1.29, 1.82) is 0 Å². The number of amides is 2. The van der Waals surface area contributed by atoms with Crippen molar-refractivity contribution in [2.45, 2.75) is 72.4 Å². The highest BCUT2D eigenvalue weighted by molar-refractivity contribution is 7.92. The Morgan fingerprint density at radius 2 is 1.60 bits per heavy atom. The molecule has 1 N–H and O–H groups in total.